The number of rotatable bonds is 11. The van der Waals surface area contributed by atoms with Crippen LogP contribution in [0.4, 0.5) is 5.69 Å². The summed E-state index contributed by atoms with van der Waals surface area (Å²) < 4.78 is 14.1. The summed E-state index contributed by atoms with van der Waals surface area (Å²) in [4.78, 5) is 17.2. The summed E-state index contributed by atoms with van der Waals surface area (Å²) in [5.74, 6) is 1.26. The van der Waals surface area contributed by atoms with Crippen LogP contribution in [0.3, 0.4) is 0 Å². The molecule has 1 N–H and O–H groups in total. The van der Waals surface area contributed by atoms with Crippen LogP contribution in [-0.4, -0.2) is 73.1 Å². The molecule has 1 saturated carbocycles. The van der Waals surface area contributed by atoms with Crippen molar-refractivity contribution in [1.29, 1.82) is 0 Å². The first-order valence-electron chi connectivity index (χ1n) is 16.8. The van der Waals surface area contributed by atoms with Crippen molar-refractivity contribution in [2.75, 3.05) is 57.4 Å². The molecule has 3 heterocycles. The Bertz CT molecular complexity index is 1410. The van der Waals surface area contributed by atoms with Crippen molar-refractivity contribution >= 4 is 22.6 Å². The molecule has 0 amide bonds. The third-order valence-corrected chi connectivity index (χ3v) is 10.00. The number of aromatic carboxylic acids is 1. The molecule has 1 aliphatic carbocycles. The molecule has 1 saturated heterocycles. The fourth-order valence-corrected chi connectivity index (χ4v) is 7.89. The van der Waals surface area contributed by atoms with Gasteiger partial charge in [-0.1, -0.05) is 25.3 Å². The highest BCUT2D eigenvalue weighted by atomic mass is 16.5. The Morgan fingerprint density at radius 3 is 2.58 bits per heavy atom. The lowest BCUT2D eigenvalue weighted by Gasteiger charge is -2.35. The second-order valence-electron chi connectivity index (χ2n) is 12.7. The van der Waals surface area contributed by atoms with Gasteiger partial charge in [-0.25, -0.2) is 4.79 Å². The SMILES string of the molecule is CCOCC[C@@H]1CCCN(CCN2CCn3c(c(C4CCCCC4)c4ccc(C(=O)O)cc43)-c3ccc(OCC)cc32)C1. The van der Waals surface area contributed by atoms with Gasteiger partial charge in [0.05, 0.1) is 17.9 Å². The molecule has 0 bridgehead atoms. The van der Waals surface area contributed by atoms with Gasteiger partial charge in [-0.05, 0) is 94.2 Å². The van der Waals surface area contributed by atoms with Crippen LogP contribution in [0.5, 0.6) is 5.75 Å². The number of carbonyl (C=O) groups is 1. The standard InChI is InChI=1S/C36H49N3O4/c1-3-42-22-16-26-9-8-17-37(25-26)18-19-38-20-21-39-33-23-28(36(40)41)12-14-30(33)34(27-10-6-5-7-11-27)35(39)31-15-13-29(43-4-2)24-32(31)38/h12-15,23-24,26-27H,3-11,16-22,25H2,1-2H3,(H,40,41)/t26-/m0/s1. The largest absolute Gasteiger partial charge is 0.494 e. The number of benzene rings is 2. The van der Waals surface area contributed by atoms with Crippen molar-refractivity contribution in [2.45, 2.75) is 77.7 Å². The number of fused-ring (bicyclic) bond motifs is 5. The summed E-state index contributed by atoms with van der Waals surface area (Å²) in [6.07, 6.45) is 9.93. The van der Waals surface area contributed by atoms with Crippen LogP contribution in [0.1, 0.15) is 87.1 Å². The molecule has 2 fully saturated rings. The Kier molecular flexibility index (Phi) is 9.58. The van der Waals surface area contributed by atoms with E-state index in [-0.39, 0.29) is 0 Å². The average molecular weight is 588 g/mol. The van der Waals surface area contributed by atoms with Crippen molar-refractivity contribution in [3.8, 4) is 17.0 Å². The molecule has 7 nitrogen and oxygen atoms in total. The summed E-state index contributed by atoms with van der Waals surface area (Å²) in [6.45, 7) is 12.5. The number of hydrogen-bond acceptors (Lipinski definition) is 5. The number of likely N-dealkylation sites (tertiary alicyclic amines) is 1. The normalized spacial score (nSPS) is 19.7. The summed E-state index contributed by atoms with van der Waals surface area (Å²) in [5, 5.41) is 11.1. The van der Waals surface area contributed by atoms with Gasteiger partial charge in [-0.3, -0.25) is 0 Å². The Hall–Kier alpha value is -3.03. The first kappa shape index (κ1) is 30.0. The van der Waals surface area contributed by atoms with Gasteiger partial charge in [-0.2, -0.15) is 0 Å². The molecule has 0 radical (unpaired) electrons. The number of piperidine rings is 1. The van der Waals surface area contributed by atoms with Crippen LogP contribution in [0.15, 0.2) is 36.4 Å². The molecule has 7 heteroatoms. The van der Waals surface area contributed by atoms with Gasteiger partial charge in [0, 0.05) is 74.2 Å². The zero-order valence-corrected chi connectivity index (χ0v) is 26.2. The number of aromatic nitrogens is 1. The van der Waals surface area contributed by atoms with E-state index in [0.717, 1.165) is 69.5 Å². The number of carboxylic acids is 1. The Morgan fingerprint density at radius 2 is 1.79 bits per heavy atom. The lowest BCUT2D eigenvalue weighted by atomic mass is 9.81. The lowest BCUT2D eigenvalue weighted by Crippen LogP contribution is -2.41. The minimum absolute atomic E-state index is 0.361. The van der Waals surface area contributed by atoms with E-state index in [0.29, 0.717) is 18.1 Å². The van der Waals surface area contributed by atoms with Crippen LogP contribution >= 0.6 is 0 Å². The molecule has 1 atom stereocenters. The van der Waals surface area contributed by atoms with E-state index in [1.165, 1.54) is 79.4 Å². The molecular formula is C36H49N3O4. The number of anilines is 1. The Balaban J connectivity index is 1.36. The van der Waals surface area contributed by atoms with Crippen molar-refractivity contribution in [2.24, 2.45) is 5.92 Å². The highest BCUT2D eigenvalue weighted by molar-refractivity contribution is 5.99. The highest BCUT2D eigenvalue weighted by Gasteiger charge is 2.31. The minimum Gasteiger partial charge on any atom is -0.494 e. The molecule has 43 heavy (non-hydrogen) atoms. The topological polar surface area (TPSA) is 67.2 Å². The smallest absolute Gasteiger partial charge is 0.335 e. The number of hydrogen-bond donors (Lipinski definition) is 1. The van der Waals surface area contributed by atoms with Crippen molar-refractivity contribution in [3.05, 3.63) is 47.5 Å². The van der Waals surface area contributed by atoms with Gasteiger partial charge in [0.15, 0.2) is 0 Å². The van der Waals surface area contributed by atoms with Crippen LogP contribution in [0.25, 0.3) is 22.2 Å². The van der Waals surface area contributed by atoms with Crippen molar-refractivity contribution < 1.29 is 19.4 Å². The first-order valence-corrected chi connectivity index (χ1v) is 16.8. The molecule has 232 valence electrons. The maximum absolute atomic E-state index is 12.0. The first-order chi connectivity index (χ1) is 21.1. The van der Waals surface area contributed by atoms with Gasteiger partial charge in [0.2, 0.25) is 0 Å². The maximum Gasteiger partial charge on any atom is 0.335 e. The van der Waals surface area contributed by atoms with Crippen LogP contribution < -0.4 is 9.64 Å². The van der Waals surface area contributed by atoms with Gasteiger partial charge in [-0.15, -0.1) is 0 Å². The van der Waals surface area contributed by atoms with E-state index in [1.54, 1.807) is 6.07 Å². The quantitative estimate of drug-likeness (QED) is 0.236. The molecule has 3 aromatic rings. The van der Waals surface area contributed by atoms with Crippen LogP contribution in [0.2, 0.25) is 0 Å². The third kappa shape index (κ3) is 6.44. The van der Waals surface area contributed by atoms with E-state index >= 15 is 0 Å². The summed E-state index contributed by atoms with van der Waals surface area (Å²) in [7, 11) is 0. The summed E-state index contributed by atoms with van der Waals surface area (Å²) >= 11 is 0. The molecule has 0 unspecified atom stereocenters. The van der Waals surface area contributed by atoms with Gasteiger partial charge in [0.1, 0.15) is 5.75 Å². The predicted molar refractivity (Wildman–Crippen MR) is 174 cm³/mol. The Labute approximate surface area is 256 Å². The summed E-state index contributed by atoms with van der Waals surface area (Å²) in [5.41, 5.74) is 6.63. The Morgan fingerprint density at radius 1 is 0.930 bits per heavy atom. The summed E-state index contributed by atoms with van der Waals surface area (Å²) in [6, 6.07) is 12.4. The molecule has 2 aromatic carbocycles. The van der Waals surface area contributed by atoms with Crippen LogP contribution in [0, 0.1) is 5.92 Å². The maximum atomic E-state index is 12.0. The van der Waals surface area contributed by atoms with E-state index in [2.05, 4.69) is 45.6 Å². The molecule has 0 spiro atoms. The third-order valence-electron chi connectivity index (χ3n) is 10.00. The van der Waals surface area contributed by atoms with E-state index < -0.39 is 5.97 Å². The lowest BCUT2D eigenvalue weighted by molar-refractivity contribution is 0.0697. The van der Waals surface area contributed by atoms with E-state index in [4.69, 9.17) is 9.47 Å². The van der Waals surface area contributed by atoms with Gasteiger partial charge >= 0.3 is 5.97 Å². The molecule has 2 aliphatic heterocycles. The zero-order valence-electron chi connectivity index (χ0n) is 26.2. The minimum atomic E-state index is -0.866. The van der Waals surface area contributed by atoms with Crippen molar-refractivity contribution in [3.63, 3.8) is 0 Å². The fraction of sp³-hybridized carbons (Fsp3) is 0.583. The predicted octanol–water partition coefficient (Wildman–Crippen LogP) is 7.41. The van der Waals surface area contributed by atoms with Gasteiger partial charge < -0.3 is 28.9 Å². The number of ether oxygens (including phenoxy) is 2. The molecule has 6 rings (SSSR count). The van der Waals surface area contributed by atoms with Gasteiger partial charge in [0.25, 0.3) is 0 Å². The number of carboxylic acid groups (broad SMARTS) is 1. The average Bonchev–Trinajstić information content (AvgIpc) is 3.26. The van der Waals surface area contributed by atoms with Crippen LogP contribution in [-0.2, 0) is 11.3 Å². The zero-order chi connectivity index (χ0) is 29.8. The molecular weight excluding hydrogens is 538 g/mol. The van der Waals surface area contributed by atoms with E-state index in [9.17, 15) is 9.90 Å². The second-order valence-corrected chi connectivity index (χ2v) is 12.7. The highest BCUT2D eigenvalue weighted by Crippen LogP contribution is 2.48. The fourth-order valence-electron chi connectivity index (χ4n) is 7.89. The number of nitrogens with zero attached hydrogens (tertiary/aromatic N) is 3. The van der Waals surface area contributed by atoms with Crippen molar-refractivity contribution in [1.82, 2.24) is 9.47 Å². The molecule has 3 aliphatic rings. The van der Waals surface area contributed by atoms with E-state index in [1.807, 2.05) is 13.0 Å². The second kappa shape index (κ2) is 13.7. The monoisotopic (exact) mass is 587 g/mol. The molecule has 1 aromatic heterocycles.